The van der Waals surface area contributed by atoms with E-state index in [1.807, 2.05) is 0 Å². The maximum atomic E-state index is 12.4. The van der Waals surface area contributed by atoms with Gasteiger partial charge >= 0.3 is 0 Å². The topological polar surface area (TPSA) is 49.4 Å². The molecule has 1 N–H and O–H groups in total. The summed E-state index contributed by atoms with van der Waals surface area (Å²) in [4.78, 5) is 0. The van der Waals surface area contributed by atoms with Crippen molar-refractivity contribution >= 4 is 10.0 Å². The minimum Gasteiger partial charge on any atom is -0.317 e. The molecule has 0 bridgehead atoms. The Bertz CT molecular complexity index is 388. The van der Waals surface area contributed by atoms with E-state index in [1.165, 1.54) is 0 Å². The molecule has 21 heavy (non-hydrogen) atoms. The normalized spacial score (nSPS) is 22.2. The molecule has 1 rings (SSSR count). The van der Waals surface area contributed by atoms with Crippen LogP contribution in [0.4, 0.5) is 0 Å². The summed E-state index contributed by atoms with van der Waals surface area (Å²) in [7, 11) is -3.07. The molecule has 0 aromatic heterocycles. The van der Waals surface area contributed by atoms with Crippen molar-refractivity contribution < 1.29 is 8.42 Å². The summed E-state index contributed by atoms with van der Waals surface area (Å²) in [5.74, 6) is 0.910. The summed E-state index contributed by atoms with van der Waals surface area (Å²) < 4.78 is 26.6. The zero-order chi connectivity index (χ0) is 15.9. The molecule has 1 aliphatic heterocycles. The van der Waals surface area contributed by atoms with Gasteiger partial charge in [0.1, 0.15) is 0 Å². The molecule has 0 amide bonds. The van der Waals surface area contributed by atoms with Crippen molar-refractivity contribution in [2.75, 3.05) is 31.9 Å². The van der Waals surface area contributed by atoms with Gasteiger partial charge < -0.3 is 5.32 Å². The third-order valence-corrected chi connectivity index (χ3v) is 6.44. The summed E-state index contributed by atoms with van der Waals surface area (Å²) in [6.45, 7) is 12.1. The van der Waals surface area contributed by atoms with E-state index in [0.717, 1.165) is 38.8 Å². The Balaban J connectivity index is 2.45. The van der Waals surface area contributed by atoms with Gasteiger partial charge in [-0.1, -0.05) is 27.7 Å². The minimum atomic E-state index is -3.07. The zero-order valence-corrected chi connectivity index (χ0v) is 15.1. The Hall–Kier alpha value is -0.130. The van der Waals surface area contributed by atoms with Gasteiger partial charge in [0.15, 0.2) is 0 Å². The van der Waals surface area contributed by atoms with E-state index in [-0.39, 0.29) is 11.2 Å². The van der Waals surface area contributed by atoms with Crippen LogP contribution in [0.15, 0.2) is 0 Å². The number of sulfonamides is 1. The molecule has 0 aromatic rings. The molecule has 1 heterocycles. The van der Waals surface area contributed by atoms with E-state index >= 15 is 0 Å². The summed E-state index contributed by atoms with van der Waals surface area (Å²) in [6.07, 6.45) is 4.94. The fourth-order valence-electron chi connectivity index (χ4n) is 3.02. The molecule has 5 heteroatoms. The number of hydrogen-bond acceptors (Lipinski definition) is 3. The molecule has 1 fully saturated rings. The third-order valence-electron chi connectivity index (χ3n) is 4.49. The second kappa shape index (κ2) is 8.49. The molecule has 0 saturated carbocycles. The Morgan fingerprint density at radius 3 is 2.48 bits per heavy atom. The Morgan fingerprint density at radius 1 is 1.14 bits per heavy atom. The van der Waals surface area contributed by atoms with Gasteiger partial charge in [0.05, 0.1) is 5.75 Å². The molecule has 0 spiro atoms. The van der Waals surface area contributed by atoms with E-state index in [0.29, 0.717) is 25.4 Å². The van der Waals surface area contributed by atoms with Crippen LogP contribution in [0.5, 0.6) is 0 Å². The van der Waals surface area contributed by atoms with Gasteiger partial charge in [0, 0.05) is 13.1 Å². The highest BCUT2D eigenvalue weighted by Gasteiger charge is 2.30. The standard InChI is InChI=1S/C16H34N2O2S/c1-5-10-17-11-7-14-21(19,20)18-12-6-8-15(9-13-18)16(2,3)4/h15,17H,5-14H2,1-4H3. The van der Waals surface area contributed by atoms with Crippen molar-refractivity contribution in [1.82, 2.24) is 9.62 Å². The van der Waals surface area contributed by atoms with Gasteiger partial charge in [0.25, 0.3) is 0 Å². The molecule has 4 nitrogen and oxygen atoms in total. The van der Waals surface area contributed by atoms with Crippen LogP contribution in [0.2, 0.25) is 0 Å². The highest BCUT2D eigenvalue weighted by Crippen LogP contribution is 2.34. The number of rotatable bonds is 7. The van der Waals surface area contributed by atoms with Gasteiger partial charge in [0.2, 0.25) is 10.0 Å². The average molecular weight is 319 g/mol. The lowest BCUT2D eigenvalue weighted by Gasteiger charge is -2.29. The van der Waals surface area contributed by atoms with Crippen LogP contribution in [-0.4, -0.2) is 44.7 Å². The van der Waals surface area contributed by atoms with Crippen molar-refractivity contribution in [3.05, 3.63) is 0 Å². The zero-order valence-electron chi connectivity index (χ0n) is 14.3. The number of hydrogen-bond donors (Lipinski definition) is 1. The average Bonchev–Trinajstić information content (AvgIpc) is 2.64. The summed E-state index contributed by atoms with van der Waals surface area (Å²) in [5.41, 5.74) is 0.282. The smallest absolute Gasteiger partial charge is 0.214 e. The van der Waals surface area contributed by atoms with Crippen LogP contribution in [0, 0.1) is 11.3 Å². The maximum absolute atomic E-state index is 12.4. The molecule has 1 atom stereocenters. The van der Waals surface area contributed by atoms with Gasteiger partial charge in [-0.3, -0.25) is 0 Å². The SMILES string of the molecule is CCCNCCCS(=O)(=O)N1CCCC(C(C)(C)C)CC1. The summed E-state index contributed by atoms with van der Waals surface area (Å²) in [5, 5.41) is 3.27. The summed E-state index contributed by atoms with van der Waals surface area (Å²) in [6, 6.07) is 0. The Morgan fingerprint density at radius 2 is 1.86 bits per heavy atom. The number of nitrogens with one attached hydrogen (secondary N) is 1. The lowest BCUT2D eigenvalue weighted by Crippen LogP contribution is -2.35. The van der Waals surface area contributed by atoms with Gasteiger partial charge in [-0.25, -0.2) is 12.7 Å². The fourth-order valence-corrected chi connectivity index (χ4v) is 4.58. The van der Waals surface area contributed by atoms with Gasteiger partial charge in [-0.15, -0.1) is 0 Å². The van der Waals surface area contributed by atoms with Crippen LogP contribution in [0.25, 0.3) is 0 Å². The lowest BCUT2D eigenvalue weighted by molar-refractivity contribution is 0.217. The van der Waals surface area contributed by atoms with Crippen molar-refractivity contribution in [3.8, 4) is 0 Å². The first-order chi connectivity index (χ1) is 9.77. The molecule has 1 aliphatic rings. The van der Waals surface area contributed by atoms with Crippen LogP contribution < -0.4 is 5.32 Å². The van der Waals surface area contributed by atoms with E-state index in [4.69, 9.17) is 0 Å². The second-order valence-electron chi connectivity index (χ2n) is 7.31. The molecule has 0 aliphatic carbocycles. The Kier molecular flexibility index (Phi) is 7.65. The first-order valence-corrected chi connectivity index (χ1v) is 10.1. The molecule has 126 valence electrons. The largest absolute Gasteiger partial charge is 0.317 e. The van der Waals surface area contributed by atoms with E-state index in [9.17, 15) is 8.42 Å². The second-order valence-corrected chi connectivity index (χ2v) is 9.40. The lowest BCUT2D eigenvalue weighted by atomic mass is 9.77. The quantitative estimate of drug-likeness (QED) is 0.734. The predicted octanol–water partition coefficient (Wildman–Crippen LogP) is 2.85. The fraction of sp³-hybridized carbons (Fsp3) is 1.00. The van der Waals surface area contributed by atoms with E-state index in [2.05, 4.69) is 33.0 Å². The molecule has 1 unspecified atom stereocenters. The van der Waals surface area contributed by atoms with Crippen LogP contribution in [0.3, 0.4) is 0 Å². The first-order valence-electron chi connectivity index (χ1n) is 8.46. The van der Waals surface area contributed by atoms with E-state index in [1.54, 1.807) is 4.31 Å². The van der Waals surface area contributed by atoms with Crippen LogP contribution in [-0.2, 0) is 10.0 Å². The highest BCUT2D eigenvalue weighted by molar-refractivity contribution is 7.89. The molecular weight excluding hydrogens is 284 g/mol. The summed E-state index contributed by atoms with van der Waals surface area (Å²) >= 11 is 0. The van der Waals surface area contributed by atoms with Gasteiger partial charge in [-0.05, 0) is 56.5 Å². The third kappa shape index (κ3) is 6.66. The molecule has 1 saturated heterocycles. The maximum Gasteiger partial charge on any atom is 0.214 e. The van der Waals surface area contributed by atoms with Gasteiger partial charge in [-0.2, -0.15) is 0 Å². The highest BCUT2D eigenvalue weighted by atomic mass is 32.2. The van der Waals surface area contributed by atoms with Crippen LogP contribution >= 0.6 is 0 Å². The molecular formula is C16H34N2O2S. The first kappa shape index (κ1) is 18.9. The monoisotopic (exact) mass is 318 g/mol. The Labute approximate surface area is 131 Å². The van der Waals surface area contributed by atoms with Crippen molar-refractivity contribution in [1.29, 1.82) is 0 Å². The molecule has 0 radical (unpaired) electrons. The minimum absolute atomic E-state index is 0.282. The predicted molar refractivity (Wildman–Crippen MR) is 89.9 cm³/mol. The van der Waals surface area contributed by atoms with Crippen molar-refractivity contribution in [3.63, 3.8) is 0 Å². The number of nitrogens with zero attached hydrogens (tertiary/aromatic N) is 1. The van der Waals surface area contributed by atoms with Crippen molar-refractivity contribution in [2.24, 2.45) is 11.3 Å². The van der Waals surface area contributed by atoms with E-state index < -0.39 is 10.0 Å². The van der Waals surface area contributed by atoms with Crippen LogP contribution in [0.1, 0.15) is 59.8 Å². The molecule has 0 aromatic carbocycles. The van der Waals surface area contributed by atoms with Crippen molar-refractivity contribution in [2.45, 2.75) is 59.8 Å².